The molecule has 14 heteroatoms. The number of aliphatic carboxylic acids is 1. The second-order valence-corrected chi connectivity index (χ2v) is 8.73. The SMILES string of the molecule is CON=C(C(=O)N[C@@H]1C(=O)N2C(C(=O)O)=C(C=Cc3cncnc3)CS[C@@H]12)c1csc(N)n1. The molecule has 2 aliphatic heterocycles. The first-order valence-electron chi connectivity index (χ1n) is 9.38. The van der Waals surface area contributed by atoms with Gasteiger partial charge in [-0.2, -0.15) is 0 Å². The lowest BCUT2D eigenvalue weighted by Crippen LogP contribution is -2.71. The van der Waals surface area contributed by atoms with E-state index in [1.165, 1.54) is 30.1 Å². The van der Waals surface area contributed by atoms with E-state index in [9.17, 15) is 19.5 Å². The lowest BCUT2D eigenvalue weighted by atomic mass is 10.0. The Morgan fingerprint density at radius 3 is 2.76 bits per heavy atom. The molecule has 12 nitrogen and oxygen atoms in total. The maximum atomic E-state index is 12.8. The number of carbonyl (C=O) groups is 3. The van der Waals surface area contributed by atoms with Gasteiger partial charge in [0, 0.05) is 29.1 Å². The van der Waals surface area contributed by atoms with Gasteiger partial charge in [-0.3, -0.25) is 14.5 Å². The number of fused-ring (bicyclic) bond motifs is 1. The van der Waals surface area contributed by atoms with Gasteiger partial charge < -0.3 is 21.0 Å². The molecule has 4 rings (SSSR count). The molecule has 2 atom stereocenters. The molecular weight excluding hydrogens is 470 g/mol. The molecule has 2 aromatic rings. The van der Waals surface area contributed by atoms with E-state index >= 15 is 0 Å². The fraction of sp³-hybridized carbons (Fsp3) is 0.211. The van der Waals surface area contributed by atoms with E-state index < -0.39 is 29.2 Å². The molecule has 0 radical (unpaired) electrons. The highest BCUT2D eigenvalue weighted by atomic mass is 32.2. The number of carboxylic acids is 1. The predicted molar refractivity (Wildman–Crippen MR) is 121 cm³/mol. The molecule has 170 valence electrons. The Morgan fingerprint density at radius 1 is 1.36 bits per heavy atom. The number of β-lactam (4-membered cyclic amide) rings is 1. The molecule has 0 unspecified atom stereocenters. The minimum absolute atomic E-state index is 0.125. The van der Waals surface area contributed by atoms with Crippen LogP contribution in [0.3, 0.4) is 0 Å². The second kappa shape index (κ2) is 9.38. The minimum Gasteiger partial charge on any atom is -0.477 e. The van der Waals surface area contributed by atoms with Gasteiger partial charge in [-0.15, -0.1) is 23.1 Å². The number of thioether (sulfide) groups is 1. The molecule has 2 aliphatic rings. The van der Waals surface area contributed by atoms with Crippen LogP contribution in [-0.4, -0.2) is 72.7 Å². The van der Waals surface area contributed by atoms with E-state index in [2.05, 4.69) is 25.4 Å². The maximum Gasteiger partial charge on any atom is 0.352 e. The molecule has 2 amide bonds. The molecule has 0 aromatic carbocycles. The molecular formula is C19H17N7O5S2. The average molecular weight is 488 g/mol. The highest BCUT2D eigenvalue weighted by molar-refractivity contribution is 8.00. The zero-order valence-electron chi connectivity index (χ0n) is 17.0. The first-order chi connectivity index (χ1) is 15.9. The third-order valence-corrected chi connectivity index (χ3v) is 6.68. The smallest absolute Gasteiger partial charge is 0.352 e. The molecule has 0 saturated carbocycles. The predicted octanol–water partition coefficient (Wildman–Crippen LogP) is 0.318. The number of allylic oxidation sites excluding steroid dienone is 1. The molecule has 0 spiro atoms. The Hall–Kier alpha value is -3.78. The van der Waals surface area contributed by atoms with Crippen molar-refractivity contribution >= 4 is 57.8 Å². The van der Waals surface area contributed by atoms with Gasteiger partial charge in [0.15, 0.2) is 10.8 Å². The topological polar surface area (TPSA) is 173 Å². The number of carbonyl (C=O) groups excluding carboxylic acids is 2. The summed E-state index contributed by atoms with van der Waals surface area (Å²) in [7, 11) is 1.27. The van der Waals surface area contributed by atoms with E-state index in [4.69, 9.17) is 10.6 Å². The van der Waals surface area contributed by atoms with Crippen LogP contribution in [0.2, 0.25) is 0 Å². The average Bonchev–Trinajstić information content (AvgIpc) is 3.25. The summed E-state index contributed by atoms with van der Waals surface area (Å²) in [5.74, 6) is -2.13. The Balaban J connectivity index is 1.53. The summed E-state index contributed by atoms with van der Waals surface area (Å²) in [5.41, 5.74) is 6.72. The summed E-state index contributed by atoms with van der Waals surface area (Å²) in [6, 6.07) is -0.928. The van der Waals surface area contributed by atoms with Crippen LogP contribution in [-0.2, 0) is 19.2 Å². The van der Waals surface area contributed by atoms with Crippen molar-refractivity contribution in [2.45, 2.75) is 11.4 Å². The van der Waals surface area contributed by atoms with Crippen LogP contribution in [0, 0.1) is 0 Å². The third kappa shape index (κ3) is 4.42. The molecule has 1 fully saturated rings. The second-order valence-electron chi connectivity index (χ2n) is 6.74. The summed E-state index contributed by atoms with van der Waals surface area (Å²) in [6.45, 7) is 0. The minimum atomic E-state index is -1.23. The van der Waals surface area contributed by atoms with Gasteiger partial charge in [0.05, 0.1) is 0 Å². The van der Waals surface area contributed by atoms with Crippen molar-refractivity contribution in [3.8, 4) is 0 Å². The van der Waals surface area contributed by atoms with Crippen molar-refractivity contribution in [1.29, 1.82) is 0 Å². The number of thiazole rings is 1. The fourth-order valence-corrected chi connectivity index (χ4v) is 5.13. The van der Waals surface area contributed by atoms with Crippen LogP contribution in [0.4, 0.5) is 5.13 Å². The first kappa shape index (κ1) is 22.4. The number of rotatable bonds is 7. The molecule has 0 bridgehead atoms. The molecule has 4 N–H and O–H groups in total. The van der Waals surface area contributed by atoms with E-state index in [0.717, 1.165) is 11.3 Å². The number of nitrogens with two attached hydrogens (primary N) is 1. The quantitative estimate of drug-likeness (QED) is 0.280. The van der Waals surface area contributed by atoms with Crippen LogP contribution in [0.25, 0.3) is 6.08 Å². The van der Waals surface area contributed by atoms with Gasteiger partial charge in [0.25, 0.3) is 11.8 Å². The molecule has 33 heavy (non-hydrogen) atoms. The van der Waals surface area contributed by atoms with E-state index in [0.29, 0.717) is 16.9 Å². The Bertz CT molecular complexity index is 1190. The Kier molecular flexibility index (Phi) is 6.37. The number of nitrogen functional groups attached to an aromatic ring is 1. The molecule has 1 saturated heterocycles. The first-order valence-corrected chi connectivity index (χ1v) is 11.3. The van der Waals surface area contributed by atoms with Crippen LogP contribution in [0.1, 0.15) is 11.3 Å². The molecule has 2 aromatic heterocycles. The number of oxime groups is 1. The van der Waals surface area contributed by atoms with Crippen molar-refractivity contribution in [1.82, 2.24) is 25.2 Å². The highest BCUT2D eigenvalue weighted by Gasteiger charge is 2.54. The summed E-state index contributed by atoms with van der Waals surface area (Å²) in [6.07, 6.45) is 7.85. The number of hydrogen-bond donors (Lipinski definition) is 3. The monoisotopic (exact) mass is 487 g/mol. The summed E-state index contributed by atoms with van der Waals surface area (Å²) in [4.78, 5) is 55.3. The number of carboxylic acid groups (broad SMARTS) is 1. The van der Waals surface area contributed by atoms with E-state index in [1.807, 2.05) is 0 Å². The lowest BCUT2D eigenvalue weighted by molar-refractivity contribution is -0.150. The zero-order valence-corrected chi connectivity index (χ0v) is 18.7. The number of nitrogens with one attached hydrogen (secondary N) is 1. The van der Waals surface area contributed by atoms with Crippen molar-refractivity contribution in [2.75, 3.05) is 18.6 Å². The number of anilines is 1. The fourth-order valence-electron chi connectivity index (χ4n) is 3.27. The van der Waals surface area contributed by atoms with Crippen LogP contribution >= 0.6 is 23.1 Å². The molecule has 4 heterocycles. The van der Waals surface area contributed by atoms with Gasteiger partial charge in [0.1, 0.15) is 36.2 Å². The largest absolute Gasteiger partial charge is 0.477 e. The van der Waals surface area contributed by atoms with Crippen molar-refractivity contribution in [3.05, 3.63) is 52.7 Å². The number of amides is 2. The van der Waals surface area contributed by atoms with Gasteiger partial charge >= 0.3 is 5.97 Å². The van der Waals surface area contributed by atoms with Crippen molar-refractivity contribution in [3.63, 3.8) is 0 Å². The van der Waals surface area contributed by atoms with Crippen LogP contribution in [0.5, 0.6) is 0 Å². The highest BCUT2D eigenvalue weighted by Crippen LogP contribution is 2.40. The van der Waals surface area contributed by atoms with E-state index in [-0.39, 0.29) is 22.2 Å². The van der Waals surface area contributed by atoms with Crippen molar-refractivity contribution in [2.24, 2.45) is 5.16 Å². The Morgan fingerprint density at radius 2 is 2.12 bits per heavy atom. The normalized spacial score (nSPS) is 20.5. The Labute approximate surface area is 195 Å². The van der Waals surface area contributed by atoms with Crippen LogP contribution < -0.4 is 11.1 Å². The van der Waals surface area contributed by atoms with Gasteiger partial charge in [-0.05, 0) is 5.57 Å². The number of hydrogen-bond acceptors (Lipinski definition) is 11. The zero-order chi connectivity index (χ0) is 23.5. The summed E-state index contributed by atoms with van der Waals surface area (Å²) in [5, 5.41) is 17.3. The maximum absolute atomic E-state index is 12.8. The van der Waals surface area contributed by atoms with Crippen LogP contribution in [0.15, 0.2) is 46.6 Å². The van der Waals surface area contributed by atoms with Crippen molar-refractivity contribution < 1.29 is 24.3 Å². The lowest BCUT2D eigenvalue weighted by Gasteiger charge is -2.49. The summed E-state index contributed by atoms with van der Waals surface area (Å²) >= 11 is 2.46. The van der Waals surface area contributed by atoms with Gasteiger partial charge in [-0.1, -0.05) is 17.3 Å². The number of aromatic nitrogens is 3. The van der Waals surface area contributed by atoms with Gasteiger partial charge in [0.2, 0.25) is 0 Å². The molecule has 0 aliphatic carbocycles. The van der Waals surface area contributed by atoms with Gasteiger partial charge in [-0.25, -0.2) is 19.7 Å². The standard InChI is InChI=1S/C19H17N7O5S2/c1-31-25-12(11-7-33-19(20)23-11)15(27)24-13-16(28)26-14(18(29)30)10(6-32-17(13)26)3-2-9-4-21-8-22-5-9/h2-5,7-8,13,17H,6H2,1H3,(H2,20,23)(H,24,27)(H,29,30)/t13-,17+/m1/s1. The van der Waals surface area contributed by atoms with E-state index in [1.54, 1.807) is 29.9 Å². The summed E-state index contributed by atoms with van der Waals surface area (Å²) < 4.78 is 0. The third-order valence-electron chi connectivity index (χ3n) is 4.71. The number of nitrogens with zero attached hydrogens (tertiary/aromatic N) is 5.